The number of amides is 1. The predicted molar refractivity (Wildman–Crippen MR) is 96.2 cm³/mol. The number of nitrogens with zero attached hydrogens (tertiary/aromatic N) is 3. The molecular formula is C17H20N4O2S. The third kappa shape index (κ3) is 3.26. The van der Waals surface area contributed by atoms with Gasteiger partial charge >= 0.3 is 0 Å². The van der Waals surface area contributed by atoms with Gasteiger partial charge in [-0.25, -0.2) is 4.98 Å². The fourth-order valence-electron chi connectivity index (χ4n) is 2.44. The van der Waals surface area contributed by atoms with Gasteiger partial charge in [0.05, 0.1) is 17.0 Å². The fraction of sp³-hybridized carbons (Fsp3) is 0.353. The number of benzene rings is 1. The summed E-state index contributed by atoms with van der Waals surface area (Å²) in [6, 6.07) is 7.72. The van der Waals surface area contributed by atoms with Crippen LogP contribution in [-0.4, -0.2) is 27.3 Å². The van der Waals surface area contributed by atoms with E-state index in [0.717, 1.165) is 28.1 Å². The summed E-state index contributed by atoms with van der Waals surface area (Å²) in [6.07, 6.45) is 1.29. The first-order valence-electron chi connectivity index (χ1n) is 8.01. The van der Waals surface area contributed by atoms with Gasteiger partial charge in [-0.1, -0.05) is 24.3 Å². The number of hydrogen-bond acceptors (Lipinski definition) is 5. The first-order chi connectivity index (χ1) is 11.6. The van der Waals surface area contributed by atoms with Crippen molar-refractivity contribution in [3.63, 3.8) is 0 Å². The Labute approximate surface area is 144 Å². The quantitative estimate of drug-likeness (QED) is 0.736. The standard InChI is InChI=1S/C17H20N4O2S/c1-4-7-15(22)18-14-10-11(3)20-21(14)17-19-16-12(23-5-2)8-6-9-13(16)24-17/h6,8-10H,4-5,7H2,1-3H3,(H,18,22). The molecule has 0 aliphatic heterocycles. The number of para-hydroxylation sites is 1. The minimum absolute atomic E-state index is 0.0187. The number of rotatable bonds is 6. The Morgan fingerprint density at radius 3 is 2.96 bits per heavy atom. The number of nitrogens with one attached hydrogen (secondary N) is 1. The molecular weight excluding hydrogens is 324 g/mol. The summed E-state index contributed by atoms with van der Waals surface area (Å²) in [5, 5.41) is 8.09. The van der Waals surface area contributed by atoms with Crippen LogP contribution >= 0.6 is 11.3 Å². The highest BCUT2D eigenvalue weighted by Crippen LogP contribution is 2.32. The number of anilines is 1. The van der Waals surface area contributed by atoms with E-state index in [-0.39, 0.29) is 5.91 Å². The molecule has 6 nitrogen and oxygen atoms in total. The van der Waals surface area contributed by atoms with Crippen LogP contribution in [0.2, 0.25) is 0 Å². The zero-order chi connectivity index (χ0) is 17.1. The molecule has 7 heteroatoms. The molecule has 0 bridgehead atoms. The second-order valence-electron chi connectivity index (χ2n) is 5.41. The van der Waals surface area contributed by atoms with Crippen molar-refractivity contribution in [2.24, 2.45) is 0 Å². The average Bonchev–Trinajstić information content (AvgIpc) is 3.11. The molecule has 2 aromatic heterocycles. The van der Waals surface area contributed by atoms with E-state index in [2.05, 4.69) is 15.4 Å². The third-order valence-electron chi connectivity index (χ3n) is 3.43. The van der Waals surface area contributed by atoms with Gasteiger partial charge in [0, 0.05) is 12.5 Å². The summed E-state index contributed by atoms with van der Waals surface area (Å²) in [5.74, 6) is 1.38. The van der Waals surface area contributed by atoms with Crippen molar-refractivity contribution in [1.82, 2.24) is 14.8 Å². The van der Waals surface area contributed by atoms with Crippen LogP contribution in [0.25, 0.3) is 15.3 Å². The van der Waals surface area contributed by atoms with Crippen LogP contribution in [-0.2, 0) is 4.79 Å². The first kappa shape index (κ1) is 16.4. The lowest BCUT2D eigenvalue weighted by Crippen LogP contribution is -2.14. The van der Waals surface area contributed by atoms with Crippen LogP contribution in [0.3, 0.4) is 0 Å². The second-order valence-corrected chi connectivity index (χ2v) is 6.42. The van der Waals surface area contributed by atoms with Crippen molar-refractivity contribution in [2.75, 3.05) is 11.9 Å². The van der Waals surface area contributed by atoms with Crippen molar-refractivity contribution in [3.05, 3.63) is 30.0 Å². The minimum atomic E-state index is -0.0187. The molecule has 2 heterocycles. The normalized spacial score (nSPS) is 11.0. The molecule has 3 aromatic rings. The molecule has 1 aromatic carbocycles. The van der Waals surface area contributed by atoms with Gasteiger partial charge in [0.15, 0.2) is 0 Å². The van der Waals surface area contributed by atoms with E-state index in [4.69, 9.17) is 4.74 Å². The zero-order valence-electron chi connectivity index (χ0n) is 14.0. The van der Waals surface area contributed by atoms with Crippen molar-refractivity contribution in [3.8, 4) is 10.9 Å². The number of carbonyl (C=O) groups is 1. The lowest BCUT2D eigenvalue weighted by atomic mass is 10.3. The topological polar surface area (TPSA) is 69.0 Å². The summed E-state index contributed by atoms with van der Waals surface area (Å²) in [7, 11) is 0. The van der Waals surface area contributed by atoms with Gasteiger partial charge in [-0.2, -0.15) is 9.78 Å². The highest BCUT2D eigenvalue weighted by molar-refractivity contribution is 7.20. The van der Waals surface area contributed by atoms with E-state index >= 15 is 0 Å². The summed E-state index contributed by atoms with van der Waals surface area (Å²) >= 11 is 1.52. The number of fused-ring (bicyclic) bond motifs is 1. The molecule has 0 aliphatic rings. The van der Waals surface area contributed by atoms with Gasteiger partial charge in [-0.3, -0.25) is 4.79 Å². The molecule has 126 valence electrons. The Hall–Kier alpha value is -2.41. The number of carbonyl (C=O) groups excluding carboxylic acids is 1. The number of thiazole rings is 1. The number of ether oxygens (including phenoxy) is 1. The van der Waals surface area contributed by atoms with Gasteiger partial charge in [0.25, 0.3) is 0 Å². The Morgan fingerprint density at radius 2 is 2.21 bits per heavy atom. The maximum absolute atomic E-state index is 11.9. The molecule has 0 saturated heterocycles. The molecule has 24 heavy (non-hydrogen) atoms. The van der Waals surface area contributed by atoms with Crippen molar-refractivity contribution in [1.29, 1.82) is 0 Å². The first-order valence-corrected chi connectivity index (χ1v) is 8.83. The molecule has 0 unspecified atom stereocenters. The summed E-state index contributed by atoms with van der Waals surface area (Å²) in [4.78, 5) is 16.6. The highest BCUT2D eigenvalue weighted by atomic mass is 32.1. The molecule has 1 amide bonds. The third-order valence-corrected chi connectivity index (χ3v) is 4.42. The van der Waals surface area contributed by atoms with Crippen LogP contribution in [0.4, 0.5) is 5.82 Å². The Balaban J connectivity index is 2.01. The smallest absolute Gasteiger partial charge is 0.225 e. The van der Waals surface area contributed by atoms with Crippen molar-refractivity contribution in [2.45, 2.75) is 33.6 Å². The number of aromatic nitrogens is 3. The van der Waals surface area contributed by atoms with Gasteiger partial charge in [0.2, 0.25) is 11.0 Å². The molecule has 0 atom stereocenters. The molecule has 0 radical (unpaired) electrons. The largest absolute Gasteiger partial charge is 0.492 e. The van der Waals surface area contributed by atoms with Crippen LogP contribution in [0.15, 0.2) is 24.3 Å². The maximum atomic E-state index is 11.9. The number of hydrogen-bond donors (Lipinski definition) is 1. The molecule has 0 saturated carbocycles. The van der Waals surface area contributed by atoms with Gasteiger partial charge in [-0.05, 0) is 32.4 Å². The van der Waals surface area contributed by atoms with E-state index in [1.807, 2.05) is 45.0 Å². The van der Waals surface area contributed by atoms with Gasteiger partial charge < -0.3 is 10.1 Å². The molecule has 0 fully saturated rings. The Bertz CT molecular complexity index is 869. The maximum Gasteiger partial charge on any atom is 0.225 e. The van der Waals surface area contributed by atoms with Crippen molar-refractivity contribution >= 4 is 33.3 Å². The van der Waals surface area contributed by atoms with Crippen LogP contribution in [0.5, 0.6) is 5.75 Å². The van der Waals surface area contributed by atoms with Crippen LogP contribution in [0.1, 0.15) is 32.4 Å². The Morgan fingerprint density at radius 1 is 1.38 bits per heavy atom. The Kier molecular flexibility index (Phi) is 4.80. The zero-order valence-corrected chi connectivity index (χ0v) is 14.8. The summed E-state index contributed by atoms with van der Waals surface area (Å²) in [5.41, 5.74) is 1.64. The van der Waals surface area contributed by atoms with E-state index in [0.29, 0.717) is 24.0 Å². The lowest BCUT2D eigenvalue weighted by Gasteiger charge is -2.05. The number of aryl methyl sites for hydroxylation is 1. The average molecular weight is 344 g/mol. The molecule has 0 aliphatic carbocycles. The van der Waals surface area contributed by atoms with E-state index in [1.165, 1.54) is 11.3 Å². The van der Waals surface area contributed by atoms with E-state index < -0.39 is 0 Å². The fourth-order valence-corrected chi connectivity index (χ4v) is 3.39. The van der Waals surface area contributed by atoms with Crippen LogP contribution in [0, 0.1) is 6.92 Å². The molecule has 1 N–H and O–H groups in total. The van der Waals surface area contributed by atoms with E-state index in [1.54, 1.807) is 4.68 Å². The van der Waals surface area contributed by atoms with E-state index in [9.17, 15) is 4.79 Å². The summed E-state index contributed by atoms with van der Waals surface area (Å²) < 4.78 is 8.35. The van der Waals surface area contributed by atoms with Crippen molar-refractivity contribution < 1.29 is 9.53 Å². The van der Waals surface area contributed by atoms with Gasteiger partial charge in [0.1, 0.15) is 17.1 Å². The van der Waals surface area contributed by atoms with Gasteiger partial charge in [-0.15, -0.1) is 0 Å². The monoisotopic (exact) mass is 344 g/mol. The molecule has 3 rings (SSSR count). The summed E-state index contributed by atoms with van der Waals surface area (Å²) in [6.45, 7) is 6.41. The lowest BCUT2D eigenvalue weighted by molar-refractivity contribution is -0.116. The highest BCUT2D eigenvalue weighted by Gasteiger charge is 2.15. The SMILES string of the molecule is CCCC(=O)Nc1cc(C)nn1-c1nc2c(OCC)cccc2s1. The second kappa shape index (κ2) is 7.00. The molecule has 0 spiro atoms. The predicted octanol–water partition coefficient (Wildman–Crippen LogP) is 3.93. The minimum Gasteiger partial charge on any atom is -0.492 e. The van der Waals surface area contributed by atoms with Crippen LogP contribution < -0.4 is 10.1 Å².